The highest BCUT2D eigenvalue weighted by molar-refractivity contribution is 9.10. The zero-order valence-electron chi connectivity index (χ0n) is 10.6. The van der Waals surface area contributed by atoms with E-state index in [1.54, 1.807) is 13.0 Å². The zero-order chi connectivity index (χ0) is 14.6. The summed E-state index contributed by atoms with van der Waals surface area (Å²) in [5.41, 5.74) is 1.33. The number of anilines is 1. The van der Waals surface area contributed by atoms with E-state index in [0.29, 0.717) is 16.6 Å². The molecule has 0 aromatic heterocycles. The Morgan fingerprint density at radius 3 is 2.74 bits per heavy atom. The normalized spacial score (nSPS) is 11.9. The SMILES string of the molecule is Cc1cc(NCC(C)CC(=O)O)c(Br)cc1[N+](=O)[O-]. The smallest absolute Gasteiger partial charge is 0.303 e. The number of nitrogens with zero attached hydrogens (tertiary/aromatic N) is 1. The number of benzene rings is 1. The second-order valence-corrected chi connectivity index (χ2v) is 5.31. The first-order valence-corrected chi connectivity index (χ1v) is 6.50. The first-order valence-electron chi connectivity index (χ1n) is 5.71. The molecular formula is C12H15BrN2O4. The molecule has 0 bridgehead atoms. The molecule has 6 nitrogen and oxygen atoms in total. The van der Waals surface area contributed by atoms with Gasteiger partial charge in [0, 0.05) is 34.8 Å². The molecule has 1 rings (SSSR count). The van der Waals surface area contributed by atoms with Gasteiger partial charge in [-0.2, -0.15) is 0 Å². The lowest BCUT2D eigenvalue weighted by Crippen LogP contribution is -2.15. The Bertz CT molecular complexity index is 505. The number of aliphatic carboxylic acids is 1. The van der Waals surface area contributed by atoms with Gasteiger partial charge in [-0.25, -0.2) is 0 Å². The zero-order valence-corrected chi connectivity index (χ0v) is 12.2. The van der Waals surface area contributed by atoms with E-state index in [-0.39, 0.29) is 18.0 Å². The van der Waals surface area contributed by atoms with Crippen molar-refractivity contribution in [2.75, 3.05) is 11.9 Å². The van der Waals surface area contributed by atoms with Gasteiger partial charge < -0.3 is 10.4 Å². The maximum Gasteiger partial charge on any atom is 0.303 e. The second kappa shape index (κ2) is 6.51. The van der Waals surface area contributed by atoms with Crippen molar-refractivity contribution in [1.29, 1.82) is 0 Å². The Morgan fingerprint density at radius 1 is 1.58 bits per heavy atom. The lowest BCUT2D eigenvalue weighted by molar-refractivity contribution is -0.385. The van der Waals surface area contributed by atoms with Crippen molar-refractivity contribution in [3.8, 4) is 0 Å². The fraction of sp³-hybridized carbons (Fsp3) is 0.417. The average Bonchev–Trinajstić information content (AvgIpc) is 2.28. The highest BCUT2D eigenvalue weighted by Gasteiger charge is 2.15. The number of hydrogen-bond acceptors (Lipinski definition) is 4. The summed E-state index contributed by atoms with van der Waals surface area (Å²) in [6.07, 6.45) is 0.0799. The second-order valence-electron chi connectivity index (χ2n) is 4.46. The molecule has 0 aliphatic heterocycles. The number of rotatable bonds is 6. The van der Waals surface area contributed by atoms with Crippen LogP contribution in [0.1, 0.15) is 18.9 Å². The number of nitro groups is 1. The standard InChI is InChI=1S/C12H15BrN2O4/c1-7(3-12(16)17)6-14-10-4-8(2)11(15(18)19)5-9(10)13/h4-5,7,14H,3,6H2,1-2H3,(H,16,17). The van der Waals surface area contributed by atoms with E-state index >= 15 is 0 Å². The van der Waals surface area contributed by atoms with Gasteiger partial charge in [-0.1, -0.05) is 6.92 Å². The topological polar surface area (TPSA) is 92.5 Å². The maximum absolute atomic E-state index is 10.8. The quantitative estimate of drug-likeness (QED) is 0.617. The third kappa shape index (κ3) is 4.51. The summed E-state index contributed by atoms with van der Waals surface area (Å²) < 4.78 is 0.590. The molecule has 0 saturated carbocycles. The summed E-state index contributed by atoms with van der Waals surface area (Å²) in [5.74, 6) is -0.867. The summed E-state index contributed by atoms with van der Waals surface area (Å²) in [4.78, 5) is 20.9. The van der Waals surface area contributed by atoms with Crippen LogP contribution in [0.25, 0.3) is 0 Å². The molecule has 1 aromatic carbocycles. The molecule has 0 radical (unpaired) electrons. The van der Waals surface area contributed by atoms with Crippen molar-refractivity contribution >= 4 is 33.3 Å². The summed E-state index contributed by atoms with van der Waals surface area (Å²) >= 11 is 3.27. The molecule has 0 saturated heterocycles. The Balaban J connectivity index is 2.77. The van der Waals surface area contributed by atoms with Crippen LogP contribution >= 0.6 is 15.9 Å². The summed E-state index contributed by atoms with van der Waals surface area (Å²) in [6, 6.07) is 3.12. The molecule has 0 spiro atoms. The van der Waals surface area contributed by atoms with Gasteiger partial charge in [-0.3, -0.25) is 14.9 Å². The molecule has 1 aromatic rings. The Labute approximate surface area is 119 Å². The van der Waals surface area contributed by atoms with Crippen molar-refractivity contribution in [2.24, 2.45) is 5.92 Å². The Kier molecular flexibility index (Phi) is 5.29. The number of nitro benzene ring substituents is 1. The predicted molar refractivity (Wildman–Crippen MR) is 75.4 cm³/mol. The minimum atomic E-state index is -0.840. The van der Waals surface area contributed by atoms with E-state index in [9.17, 15) is 14.9 Å². The predicted octanol–water partition coefficient (Wildman–Crippen LogP) is 3.19. The van der Waals surface area contributed by atoms with Crippen LogP contribution in [0.5, 0.6) is 0 Å². The third-order valence-corrected chi connectivity index (χ3v) is 3.30. The van der Waals surface area contributed by atoms with Crippen LogP contribution < -0.4 is 5.32 Å². The fourth-order valence-corrected chi connectivity index (χ4v) is 2.13. The number of hydrogen-bond donors (Lipinski definition) is 2. The summed E-state index contributed by atoms with van der Waals surface area (Å²) in [5, 5.41) is 22.5. The molecule has 0 fully saturated rings. The molecule has 7 heteroatoms. The van der Waals surface area contributed by atoms with Gasteiger partial charge in [-0.05, 0) is 34.8 Å². The molecule has 1 atom stereocenters. The van der Waals surface area contributed by atoms with Gasteiger partial charge in [0.2, 0.25) is 0 Å². The molecule has 19 heavy (non-hydrogen) atoms. The molecule has 2 N–H and O–H groups in total. The largest absolute Gasteiger partial charge is 0.481 e. The average molecular weight is 331 g/mol. The van der Waals surface area contributed by atoms with Gasteiger partial charge in [0.1, 0.15) is 0 Å². The van der Waals surface area contributed by atoms with Crippen LogP contribution in [0.15, 0.2) is 16.6 Å². The number of carboxylic acid groups (broad SMARTS) is 1. The van der Waals surface area contributed by atoms with Crippen LogP contribution in [0.3, 0.4) is 0 Å². The van der Waals surface area contributed by atoms with Gasteiger partial charge in [0.15, 0.2) is 0 Å². The first-order chi connectivity index (χ1) is 8.81. The maximum atomic E-state index is 10.8. The number of nitrogens with one attached hydrogen (secondary N) is 1. The lowest BCUT2D eigenvalue weighted by Gasteiger charge is -2.13. The third-order valence-electron chi connectivity index (χ3n) is 2.65. The molecule has 0 amide bonds. The van der Waals surface area contributed by atoms with Crippen molar-refractivity contribution in [1.82, 2.24) is 0 Å². The Morgan fingerprint density at radius 2 is 2.21 bits per heavy atom. The number of carbonyl (C=O) groups is 1. The van der Waals surface area contributed by atoms with Crippen LogP contribution in [-0.4, -0.2) is 22.5 Å². The molecular weight excluding hydrogens is 316 g/mol. The van der Waals surface area contributed by atoms with E-state index in [1.165, 1.54) is 6.07 Å². The Hall–Kier alpha value is -1.63. The summed E-state index contributed by atoms with van der Waals surface area (Å²) in [6.45, 7) is 3.98. The molecule has 104 valence electrons. The number of halogens is 1. The van der Waals surface area contributed by atoms with E-state index in [1.807, 2.05) is 6.92 Å². The fourth-order valence-electron chi connectivity index (χ4n) is 1.66. The van der Waals surface area contributed by atoms with Crippen molar-refractivity contribution < 1.29 is 14.8 Å². The highest BCUT2D eigenvalue weighted by atomic mass is 79.9. The van der Waals surface area contributed by atoms with Crippen LogP contribution in [0, 0.1) is 23.0 Å². The van der Waals surface area contributed by atoms with Crippen molar-refractivity contribution in [2.45, 2.75) is 20.3 Å². The van der Waals surface area contributed by atoms with E-state index in [4.69, 9.17) is 5.11 Å². The van der Waals surface area contributed by atoms with E-state index < -0.39 is 10.9 Å². The lowest BCUT2D eigenvalue weighted by atomic mass is 10.1. The number of carboxylic acids is 1. The van der Waals surface area contributed by atoms with Crippen molar-refractivity contribution in [3.63, 3.8) is 0 Å². The van der Waals surface area contributed by atoms with Gasteiger partial charge in [0.25, 0.3) is 5.69 Å². The molecule has 0 heterocycles. The van der Waals surface area contributed by atoms with Crippen LogP contribution in [0.4, 0.5) is 11.4 Å². The van der Waals surface area contributed by atoms with Gasteiger partial charge in [-0.15, -0.1) is 0 Å². The van der Waals surface area contributed by atoms with Gasteiger partial charge >= 0.3 is 5.97 Å². The van der Waals surface area contributed by atoms with E-state index in [2.05, 4.69) is 21.2 Å². The van der Waals surface area contributed by atoms with Gasteiger partial charge in [0.05, 0.1) is 4.92 Å². The first kappa shape index (κ1) is 15.4. The van der Waals surface area contributed by atoms with E-state index in [0.717, 1.165) is 5.69 Å². The molecule has 0 aliphatic rings. The molecule has 0 aliphatic carbocycles. The molecule has 1 unspecified atom stereocenters. The van der Waals surface area contributed by atoms with Crippen LogP contribution in [0.2, 0.25) is 0 Å². The minimum Gasteiger partial charge on any atom is -0.481 e. The highest BCUT2D eigenvalue weighted by Crippen LogP contribution is 2.30. The monoisotopic (exact) mass is 330 g/mol. The van der Waals surface area contributed by atoms with Crippen molar-refractivity contribution in [3.05, 3.63) is 32.3 Å². The number of aryl methyl sites for hydroxylation is 1. The summed E-state index contributed by atoms with van der Waals surface area (Å²) in [7, 11) is 0. The minimum absolute atomic E-state index is 0.0279. The van der Waals surface area contributed by atoms with Crippen LogP contribution in [-0.2, 0) is 4.79 Å².